The second kappa shape index (κ2) is 9.65. The van der Waals surface area contributed by atoms with Crippen LogP contribution in [0.2, 0.25) is 0 Å². The SMILES string of the molecule is CCOc1cc2nc(Nc3ccc(F)cc3F)c(C(N)=O)cc2cc1N1CCCN(C2CC2)CC1. The van der Waals surface area contributed by atoms with Crippen LogP contribution in [0, 0.1) is 11.6 Å². The molecule has 2 heterocycles. The van der Waals surface area contributed by atoms with E-state index >= 15 is 0 Å². The number of nitrogens with two attached hydrogens (primary N) is 1. The van der Waals surface area contributed by atoms with Gasteiger partial charge in [0, 0.05) is 49.7 Å². The third-order valence-corrected chi connectivity index (χ3v) is 6.58. The third-order valence-electron chi connectivity index (χ3n) is 6.58. The first-order valence-electron chi connectivity index (χ1n) is 12.1. The lowest BCUT2D eigenvalue weighted by molar-refractivity contribution is 0.100. The molecule has 5 rings (SSSR count). The molecule has 3 aromatic rings. The fourth-order valence-electron chi connectivity index (χ4n) is 4.69. The molecule has 2 aromatic carbocycles. The molecule has 1 aromatic heterocycles. The predicted octanol–water partition coefficient (Wildman–Crippen LogP) is 4.43. The fourth-order valence-corrected chi connectivity index (χ4v) is 4.69. The van der Waals surface area contributed by atoms with Crippen molar-refractivity contribution in [3.8, 4) is 5.75 Å². The van der Waals surface area contributed by atoms with Crippen LogP contribution in [0.3, 0.4) is 0 Å². The molecule has 9 heteroatoms. The zero-order valence-corrected chi connectivity index (χ0v) is 19.7. The lowest BCUT2D eigenvalue weighted by atomic mass is 10.1. The largest absolute Gasteiger partial charge is 0.492 e. The molecule has 1 aliphatic carbocycles. The van der Waals surface area contributed by atoms with Crippen molar-refractivity contribution in [3.63, 3.8) is 0 Å². The number of benzene rings is 2. The van der Waals surface area contributed by atoms with Crippen LogP contribution in [0.1, 0.15) is 36.5 Å². The molecule has 0 unspecified atom stereocenters. The smallest absolute Gasteiger partial charge is 0.252 e. The van der Waals surface area contributed by atoms with Gasteiger partial charge in [0.2, 0.25) is 0 Å². The van der Waals surface area contributed by atoms with E-state index < -0.39 is 17.5 Å². The molecule has 0 radical (unpaired) electrons. The number of primary amides is 1. The number of hydrogen-bond acceptors (Lipinski definition) is 6. The maximum absolute atomic E-state index is 14.2. The van der Waals surface area contributed by atoms with Crippen molar-refractivity contribution in [2.24, 2.45) is 5.73 Å². The molecule has 1 saturated heterocycles. The summed E-state index contributed by atoms with van der Waals surface area (Å²) in [5.74, 6) is -1.39. The van der Waals surface area contributed by atoms with Crippen molar-refractivity contribution in [2.75, 3.05) is 43.0 Å². The Balaban J connectivity index is 1.53. The molecular formula is C26H29F2N5O2. The van der Waals surface area contributed by atoms with Crippen molar-refractivity contribution < 1.29 is 18.3 Å². The van der Waals surface area contributed by atoms with E-state index in [-0.39, 0.29) is 17.1 Å². The van der Waals surface area contributed by atoms with Gasteiger partial charge in [0.25, 0.3) is 5.91 Å². The van der Waals surface area contributed by atoms with Crippen LogP contribution in [0.25, 0.3) is 10.9 Å². The summed E-state index contributed by atoms with van der Waals surface area (Å²) in [4.78, 5) is 21.7. The number of nitrogens with one attached hydrogen (secondary N) is 1. The van der Waals surface area contributed by atoms with Crippen molar-refractivity contribution in [3.05, 3.63) is 53.6 Å². The Bertz CT molecular complexity index is 1260. The van der Waals surface area contributed by atoms with E-state index in [1.807, 2.05) is 19.1 Å². The highest BCUT2D eigenvalue weighted by atomic mass is 19.1. The second-order valence-electron chi connectivity index (χ2n) is 9.05. The Morgan fingerprint density at radius 2 is 1.97 bits per heavy atom. The summed E-state index contributed by atoms with van der Waals surface area (Å²) >= 11 is 0. The quantitative estimate of drug-likeness (QED) is 0.520. The number of amides is 1. The Hall–Kier alpha value is -3.46. The number of aromatic nitrogens is 1. The van der Waals surface area contributed by atoms with Crippen molar-refractivity contribution >= 4 is 34.0 Å². The number of carbonyl (C=O) groups is 1. The highest BCUT2D eigenvalue weighted by Crippen LogP contribution is 2.36. The van der Waals surface area contributed by atoms with E-state index in [4.69, 9.17) is 10.5 Å². The van der Waals surface area contributed by atoms with Gasteiger partial charge >= 0.3 is 0 Å². The van der Waals surface area contributed by atoms with E-state index in [1.54, 1.807) is 6.07 Å². The van der Waals surface area contributed by atoms with Gasteiger partial charge < -0.3 is 20.7 Å². The monoisotopic (exact) mass is 481 g/mol. The Labute approximate surface area is 202 Å². The number of nitrogens with zero attached hydrogens (tertiary/aromatic N) is 3. The van der Waals surface area contributed by atoms with Crippen molar-refractivity contribution in [1.82, 2.24) is 9.88 Å². The molecule has 1 aliphatic heterocycles. The van der Waals surface area contributed by atoms with E-state index in [2.05, 4.69) is 20.1 Å². The Morgan fingerprint density at radius 3 is 2.69 bits per heavy atom. The molecule has 1 saturated carbocycles. The minimum Gasteiger partial charge on any atom is -0.492 e. The minimum atomic E-state index is -0.797. The number of fused-ring (bicyclic) bond motifs is 1. The van der Waals surface area contributed by atoms with Crippen LogP contribution >= 0.6 is 0 Å². The number of hydrogen-bond donors (Lipinski definition) is 2. The number of rotatable bonds is 7. The summed E-state index contributed by atoms with van der Waals surface area (Å²) in [5.41, 5.74) is 7.28. The number of anilines is 3. The first-order valence-corrected chi connectivity index (χ1v) is 12.1. The van der Waals surface area contributed by atoms with E-state index in [0.29, 0.717) is 17.9 Å². The van der Waals surface area contributed by atoms with Gasteiger partial charge in [-0.25, -0.2) is 13.8 Å². The van der Waals surface area contributed by atoms with Crippen LogP contribution < -0.4 is 20.7 Å². The average Bonchev–Trinajstić information content (AvgIpc) is 3.67. The molecular weight excluding hydrogens is 452 g/mol. The lowest BCUT2D eigenvalue weighted by Crippen LogP contribution is -2.32. The number of carbonyl (C=O) groups excluding carboxylic acids is 1. The Kier molecular flexibility index (Phi) is 6.42. The van der Waals surface area contributed by atoms with Gasteiger partial charge in [-0.05, 0) is 50.5 Å². The molecule has 3 N–H and O–H groups in total. The molecule has 0 spiro atoms. The number of halogens is 2. The molecule has 2 fully saturated rings. The number of pyridine rings is 1. The normalized spacial score (nSPS) is 16.8. The molecule has 0 atom stereocenters. The lowest BCUT2D eigenvalue weighted by Gasteiger charge is -2.26. The van der Waals surface area contributed by atoms with Gasteiger partial charge in [-0.15, -0.1) is 0 Å². The molecule has 2 aliphatic rings. The summed E-state index contributed by atoms with van der Waals surface area (Å²) in [7, 11) is 0. The Morgan fingerprint density at radius 1 is 1.14 bits per heavy atom. The topological polar surface area (TPSA) is 83.7 Å². The molecule has 184 valence electrons. The van der Waals surface area contributed by atoms with Crippen LogP contribution in [-0.4, -0.2) is 54.6 Å². The van der Waals surface area contributed by atoms with Gasteiger partial charge in [-0.1, -0.05) is 0 Å². The molecule has 35 heavy (non-hydrogen) atoms. The molecule has 7 nitrogen and oxygen atoms in total. The summed E-state index contributed by atoms with van der Waals surface area (Å²) < 4.78 is 33.6. The summed E-state index contributed by atoms with van der Waals surface area (Å²) in [6.45, 7) is 6.33. The van der Waals surface area contributed by atoms with Gasteiger partial charge in [-0.3, -0.25) is 9.69 Å². The van der Waals surface area contributed by atoms with E-state index in [1.165, 1.54) is 18.9 Å². The fraction of sp³-hybridized carbons (Fsp3) is 0.385. The van der Waals surface area contributed by atoms with Crippen LogP contribution in [0.15, 0.2) is 36.4 Å². The zero-order valence-electron chi connectivity index (χ0n) is 19.7. The zero-order chi connectivity index (χ0) is 24.5. The number of ether oxygens (including phenoxy) is 1. The van der Waals surface area contributed by atoms with Crippen LogP contribution in [0.4, 0.5) is 26.0 Å². The first-order chi connectivity index (χ1) is 16.9. The summed E-state index contributed by atoms with van der Waals surface area (Å²) in [5, 5.41) is 3.52. The standard InChI is InChI=1S/C26H29F2N5O2/c1-2-35-24-15-22-16(13-23(24)33-9-3-8-32(10-11-33)18-5-6-18)12-19(25(29)34)26(31-22)30-21-7-4-17(27)14-20(21)28/h4,7,12-15,18H,2-3,5-6,8-11H2,1H3,(H2,29,34)(H,30,31). The van der Waals surface area contributed by atoms with E-state index in [0.717, 1.165) is 61.8 Å². The molecule has 1 amide bonds. The summed E-state index contributed by atoms with van der Waals surface area (Å²) in [6.07, 6.45) is 3.65. The first kappa shape index (κ1) is 23.3. The van der Waals surface area contributed by atoms with Crippen LogP contribution in [-0.2, 0) is 0 Å². The van der Waals surface area contributed by atoms with Crippen LogP contribution in [0.5, 0.6) is 5.75 Å². The van der Waals surface area contributed by atoms with E-state index in [9.17, 15) is 13.6 Å². The second-order valence-corrected chi connectivity index (χ2v) is 9.05. The van der Waals surface area contributed by atoms with Gasteiger partial charge in [0.15, 0.2) is 0 Å². The highest BCUT2D eigenvalue weighted by molar-refractivity contribution is 6.02. The third kappa shape index (κ3) is 5.00. The van der Waals surface area contributed by atoms with Crippen molar-refractivity contribution in [1.29, 1.82) is 0 Å². The minimum absolute atomic E-state index is 0.00724. The maximum Gasteiger partial charge on any atom is 0.252 e. The molecule has 0 bridgehead atoms. The maximum atomic E-state index is 14.2. The predicted molar refractivity (Wildman–Crippen MR) is 132 cm³/mol. The van der Waals surface area contributed by atoms with Gasteiger partial charge in [-0.2, -0.15) is 0 Å². The summed E-state index contributed by atoms with van der Waals surface area (Å²) in [6, 6.07) is 9.35. The van der Waals surface area contributed by atoms with Gasteiger partial charge in [0.1, 0.15) is 23.2 Å². The van der Waals surface area contributed by atoms with Gasteiger partial charge in [0.05, 0.1) is 29.1 Å². The van der Waals surface area contributed by atoms with Crippen molar-refractivity contribution in [2.45, 2.75) is 32.2 Å². The average molecular weight is 482 g/mol. The highest BCUT2D eigenvalue weighted by Gasteiger charge is 2.30.